The largest absolute Gasteiger partial charge is 0.472 e. The standard InChI is InChI=1S/C23H32O7/c1-14-7-9-22(3)19(6-5-17(25)20(22)21(27)28-4)23(14,13-30-15(2)24)11-18(26)16-8-10-29-12-16/h8,10,12,14,17,19-20,25H,5-7,9,11,13H2,1-4H3. The van der Waals surface area contributed by atoms with Gasteiger partial charge in [0.1, 0.15) is 6.26 Å². The van der Waals surface area contributed by atoms with E-state index in [-0.39, 0.29) is 30.6 Å². The summed E-state index contributed by atoms with van der Waals surface area (Å²) in [4.78, 5) is 37.5. The Morgan fingerprint density at radius 2 is 2.00 bits per heavy atom. The van der Waals surface area contributed by atoms with Gasteiger partial charge in [-0.25, -0.2) is 0 Å². The molecule has 7 nitrogen and oxygen atoms in total. The summed E-state index contributed by atoms with van der Waals surface area (Å²) in [5.41, 5.74) is -0.717. The first-order valence-electron chi connectivity index (χ1n) is 10.6. The molecule has 0 saturated heterocycles. The summed E-state index contributed by atoms with van der Waals surface area (Å²) >= 11 is 0. The zero-order valence-corrected chi connectivity index (χ0v) is 18.2. The average Bonchev–Trinajstić information content (AvgIpc) is 3.23. The third kappa shape index (κ3) is 3.80. The van der Waals surface area contributed by atoms with Crippen LogP contribution in [0, 0.1) is 28.6 Å². The number of ketones is 1. The number of furan rings is 1. The topological polar surface area (TPSA) is 103 Å². The molecule has 0 spiro atoms. The van der Waals surface area contributed by atoms with Crippen LogP contribution in [0.3, 0.4) is 0 Å². The van der Waals surface area contributed by atoms with Crippen molar-refractivity contribution in [3.05, 3.63) is 24.2 Å². The molecule has 3 rings (SSSR count). The van der Waals surface area contributed by atoms with Crippen LogP contribution in [0.1, 0.15) is 63.2 Å². The van der Waals surface area contributed by atoms with Gasteiger partial charge in [0.15, 0.2) is 5.78 Å². The fourth-order valence-electron chi connectivity index (χ4n) is 6.13. The molecule has 0 aliphatic heterocycles. The van der Waals surface area contributed by atoms with Crippen molar-refractivity contribution in [2.24, 2.45) is 28.6 Å². The van der Waals surface area contributed by atoms with Gasteiger partial charge in [0.2, 0.25) is 0 Å². The number of hydrogen-bond donors (Lipinski definition) is 1. The van der Waals surface area contributed by atoms with E-state index in [9.17, 15) is 19.5 Å². The minimum absolute atomic E-state index is 0.0762. The molecule has 2 fully saturated rings. The lowest BCUT2D eigenvalue weighted by Gasteiger charge is -2.61. The summed E-state index contributed by atoms with van der Waals surface area (Å²) in [6.45, 7) is 5.57. The van der Waals surface area contributed by atoms with E-state index in [1.54, 1.807) is 6.07 Å². The van der Waals surface area contributed by atoms with Crippen molar-refractivity contribution in [3.63, 3.8) is 0 Å². The van der Waals surface area contributed by atoms with Crippen molar-refractivity contribution in [1.29, 1.82) is 0 Å². The van der Waals surface area contributed by atoms with Gasteiger partial charge in [-0.05, 0) is 49.0 Å². The minimum atomic E-state index is -0.789. The quantitative estimate of drug-likeness (QED) is 0.556. The van der Waals surface area contributed by atoms with Crippen LogP contribution in [0.2, 0.25) is 0 Å². The number of carbonyl (C=O) groups excluding carboxylic acids is 3. The van der Waals surface area contributed by atoms with Crippen molar-refractivity contribution in [1.82, 2.24) is 0 Å². The van der Waals surface area contributed by atoms with Crippen LogP contribution in [0.4, 0.5) is 0 Å². The van der Waals surface area contributed by atoms with Crippen molar-refractivity contribution in [2.75, 3.05) is 13.7 Å². The summed E-state index contributed by atoms with van der Waals surface area (Å²) in [6.07, 6.45) is 4.86. The molecule has 0 radical (unpaired) electrons. The first-order valence-corrected chi connectivity index (χ1v) is 10.6. The number of aliphatic hydroxyl groups is 1. The molecule has 30 heavy (non-hydrogen) atoms. The highest BCUT2D eigenvalue weighted by Gasteiger charge is 2.62. The maximum Gasteiger partial charge on any atom is 0.311 e. The summed E-state index contributed by atoms with van der Waals surface area (Å²) in [7, 11) is 1.34. The zero-order chi connectivity index (χ0) is 22.1. The number of esters is 2. The van der Waals surface area contributed by atoms with Gasteiger partial charge in [0.25, 0.3) is 0 Å². The Kier molecular flexibility index (Phi) is 6.41. The summed E-state index contributed by atoms with van der Waals surface area (Å²) in [6, 6.07) is 1.64. The number of rotatable bonds is 6. The van der Waals surface area contributed by atoms with Crippen molar-refractivity contribution in [3.8, 4) is 0 Å². The second kappa shape index (κ2) is 8.53. The molecule has 1 heterocycles. The molecule has 6 unspecified atom stereocenters. The van der Waals surface area contributed by atoms with E-state index in [1.165, 1.54) is 26.6 Å². The van der Waals surface area contributed by atoms with Crippen LogP contribution in [0.25, 0.3) is 0 Å². The molecule has 166 valence electrons. The van der Waals surface area contributed by atoms with Crippen molar-refractivity contribution >= 4 is 17.7 Å². The van der Waals surface area contributed by atoms with Crippen LogP contribution < -0.4 is 0 Å². The lowest BCUT2D eigenvalue weighted by atomic mass is 9.43. The van der Waals surface area contributed by atoms with Gasteiger partial charge in [-0.1, -0.05) is 13.8 Å². The predicted molar refractivity (Wildman–Crippen MR) is 107 cm³/mol. The van der Waals surface area contributed by atoms with E-state index >= 15 is 0 Å². The van der Waals surface area contributed by atoms with Crippen LogP contribution in [-0.2, 0) is 19.1 Å². The number of Topliss-reactive ketones (excluding diaryl/α,β-unsaturated/α-hetero) is 1. The molecule has 1 aromatic heterocycles. The highest BCUT2D eigenvalue weighted by atomic mass is 16.5. The third-order valence-electron chi connectivity index (χ3n) is 7.77. The minimum Gasteiger partial charge on any atom is -0.472 e. The number of fused-ring (bicyclic) bond motifs is 1. The van der Waals surface area contributed by atoms with E-state index in [2.05, 4.69) is 6.92 Å². The van der Waals surface area contributed by atoms with Crippen LogP contribution in [0.15, 0.2) is 23.0 Å². The number of carbonyl (C=O) groups is 3. The van der Waals surface area contributed by atoms with Gasteiger partial charge in [-0.2, -0.15) is 0 Å². The molecule has 7 heteroatoms. The third-order valence-corrected chi connectivity index (χ3v) is 7.77. The molecule has 2 saturated carbocycles. The maximum atomic E-state index is 13.1. The summed E-state index contributed by atoms with van der Waals surface area (Å²) in [5, 5.41) is 10.7. The van der Waals surface area contributed by atoms with Crippen molar-refractivity contribution in [2.45, 2.75) is 59.0 Å². The van der Waals surface area contributed by atoms with Crippen LogP contribution in [0.5, 0.6) is 0 Å². The lowest BCUT2D eigenvalue weighted by Crippen LogP contribution is -2.61. The van der Waals surface area contributed by atoms with Crippen LogP contribution in [-0.4, -0.2) is 42.6 Å². The molecule has 2 aliphatic carbocycles. The number of ether oxygens (including phenoxy) is 2. The first kappa shape index (κ1) is 22.5. The fraction of sp³-hybridized carbons (Fsp3) is 0.696. The Hall–Kier alpha value is -2.15. The SMILES string of the molecule is COC(=O)C1C(O)CCC2C1(C)CCC(C)C2(COC(C)=O)CC(=O)c1ccoc1. The zero-order valence-electron chi connectivity index (χ0n) is 18.2. The Morgan fingerprint density at radius 3 is 2.60 bits per heavy atom. The smallest absolute Gasteiger partial charge is 0.311 e. The van der Waals surface area contributed by atoms with Gasteiger partial charge in [-0.15, -0.1) is 0 Å². The second-order valence-corrected chi connectivity index (χ2v) is 9.27. The highest BCUT2D eigenvalue weighted by Crippen LogP contribution is 2.63. The van der Waals surface area contributed by atoms with Gasteiger partial charge in [-0.3, -0.25) is 14.4 Å². The molecule has 1 aromatic rings. The van der Waals surface area contributed by atoms with Gasteiger partial charge in [0.05, 0.1) is 37.6 Å². The molecule has 0 amide bonds. The van der Waals surface area contributed by atoms with Gasteiger partial charge < -0.3 is 19.0 Å². The lowest BCUT2D eigenvalue weighted by molar-refractivity contribution is -0.194. The second-order valence-electron chi connectivity index (χ2n) is 9.27. The van der Waals surface area contributed by atoms with Crippen LogP contribution >= 0.6 is 0 Å². The Balaban J connectivity index is 2.05. The van der Waals surface area contributed by atoms with Gasteiger partial charge in [0, 0.05) is 18.8 Å². The van der Waals surface area contributed by atoms with E-state index in [0.29, 0.717) is 18.4 Å². The maximum absolute atomic E-state index is 13.1. The monoisotopic (exact) mass is 420 g/mol. The molecule has 0 aromatic carbocycles. The Bertz CT molecular complexity index is 785. The number of aliphatic hydroxyl groups excluding tert-OH is 1. The fourth-order valence-corrected chi connectivity index (χ4v) is 6.13. The van der Waals surface area contributed by atoms with E-state index < -0.39 is 34.8 Å². The molecular weight excluding hydrogens is 388 g/mol. The Morgan fingerprint density at radius 1 is 1.27 bits per heavy atom. The van der Waals surface area contributed by atoms with E-state index in [4.69, 9.17) is 13.9 Å². The number of methoxy groups -OCH3 is 1. The number of hydrogen-bond acceptors (Lipinski definition) is 7. The summed E-state index contributed by atoms with van der Waals surface area (Å²) in [5.74, 6) is -1.56. The molecule has 1 N–H and O–H groups in total. The Labute approximate surface area is 177 Å². The normalized spacial score (nSPS) is 35.9. The average molecular weight is 421 g/mol. The van der Waals surface area contributed by atoms with Crippen molar-refractivity contribution < 1.29 is 33.4 Å². The van der Waals surface area contributed by atoms with E-state index in [0.717, 1.165) is 12.8 Å². The predicted octanol–water partition coefficient (Wildman–Crippen LogP) is 3.40. The molecule has 2 aliphatic rings. The van der Waals surface area contributed by atoms with E-state index in [1.807, 2.05) is 6.92 Å². The van der Waals surface area contributed by atoms with Gasteiger partial charge >= 0.3 is 11.9 Å². The highest BCUT2D eigenvalue weighted by molar-refractivity contribution is 5.96. The first-order chi connectivity index (χ1) is 14.2. The molecule has 6 atom stereocenters. The molecular formula is C23H32O7. The molecule has 0 bridgehead atoms. The summed E-state index contributed by atoms with van der Waals surface area (Å²) < 4.78 is 15.7.